The number of aryl methyl sites for hydroxylation is 1. The van der Waals surface area contributed by atoms with Crippen molar-refractivity contribution in [3.05, 3.63) is 82.5 Å². The molecular formula is C26H25ClN2O7S. The van der Waals surface area contributed by atoms with Crippen molar-refractivity contribution < 1.29 is 31.9 Å². The third-order valence-corrected chi connectivity index (χ3v) is 8.14. The van der Waals surface area contributed by atoms with E-state index in [9.17, 15) is 23.1 Å². The number of carboxylic acid groups (broad SMARTS) is 1. The van der Waals surface area contributed by atoms with E-state index >= 15 is 0 Å². The van der Waals surface area contributed by atoms with Crippen LogP contribution in [0.5, 0.6) is 0 Å². The first-order valence-corrected chi connectivity index (χ1v) is 13.2. The quantitative estimate of drug-likeness (QED) is 0.297. The van der Waals surface area contributed by atoms with Crippen LogP contribution in [0.15, 0.2) is 68.5 Å². The molecule has 0 bridgehead atoms. The maximum absolute atomic E-state index is 13.8. The third kappa shape index (κ3) is 5.21. The van der Waals surface area contributed by atoms with E-state index in [4.69, 9.17) is 20.4 Å². The second-order valence-electron chi connectivity index (χ2n) is 8.42. The van der Waals surface area contributed by atoms with Gasteiger partial charge in [0.1, 0.15) is 11.3 Å². The summed E-state index contributed by atoms with van der Waals surface area (Å²) in [5.74, 6) is -1.10. The van der Waals surface area contributed by atoms with Crippen molar-refractivity contribution >= 4 is 50.2 Å². The van der Waals surface area contributed by atoms with Crippen LogP contribution in [0.4, 0.5) is 5.69 Å². The Balaban J connectivity index is 1.75. The Morgan fingerprint density at radius 3 is 2.46 bits per heavy atom. The molecule has 0 aliphatic heterocycles. The second-order valence-corrected chi connectivity index (χ2v) is 10.7. The van der Waals surface area contributed by atoms with Gasteiger partial charge in [-0.3, -0.25) is 9.10 Å². The number of benzene rings is 2. The number of carbonyl (C=O) groups is 2. The Bertz CT molecular complexity index is 1580. The van der Waals surface area contributed by atoms with Gasteiger partial charge in [0.05, 0.1) is 23.4 Å². The molecule has 4 rings (SSSR count). The molecule has 11 heteroatoms. The lowest BCUT2D eigenvalue weighted by atomic mass is 10.1. The minimum absolute atomic E-state index is 0.0254. The van der Waals surface area contributed by atoms with Crippen LogP contribution in [0.3, 0.4) is 0 Å². The van der Waals surface area contributed by atoms with Crippen LogP contribution in [0.1, 0.15) is 41.3 Å². The summed E-state index contributed by atoms with van der Waals surface area (Å²) in [5.41, 5.74) is 1.52. The molecule has 194 valence electrons. The summed E-state index contributed by atoms with van der Waals surface area (Å²) in [5, 5.41) is 10.1. The first kappa shape index (κ1) is 26.3. The van der Waals surface area contributed by atoms with Crippen molar-refractivity contribution in [1.82, 2.24) is 4.90 Å². The Labute approximate surface area is 218 Å². The van der Waals surface area contributed by atoms with Gasteiger partial charge in [0, 0.05) is 36.0 Å². The standard InChI is InChI=1S/C26H25ClN2O7S/c1-4-29(37(33,34)21-8-10-24-22(13-21)16(2)25(36-24)26(31)32)23-9-7-19(27)12-18(23)14-28(17(3)30)15-20-6-5-11-35-20/h5-13H,4,14-15H2,1-3H3,(H,31,32). The highest BCUT2D eigenvalue weighted by molar-refractivity contribution is 7.92. The summed E-state index contributed by atoms with van der Waals surface area (Å²) in [6.07, 6.45) is 1.52. The van der Waals surface area contributed by atoms with Gasteiger partial charge in [-0.2, -0.15) is 0 Å². The number of carboxylic acids is 1. The predicted molar refractivity (Wildman–Crippen MR) is 138 cm³/mol. The zero-order chi connectivity index (χ0) is 26.9. The SMILES string of the molecule is CCN(c1ccc(Cl)cc1CN(Cc1ccco1)C(C)=O)S(=O)(=O)c1ccc2oc(C(=O)O)c(C)c2c1. The molecular weight excluding hydrogens is 520 g/mol. The van der Waals surface area contributed by atoms with E-state index in [1.54, 1.807) is 44.2 Å². The lowest BCUT2D eigenvalue weighted by Crippen LogP contribution is -2.33. The normalized spacial score (nSPS) is 11.6. The number of amides is 1. The summed E-state index contributed by atoms with van der Waals surface area (Å²) in [6.45, 7) is 5.09. The van der Waals surface area contributed by atoms with Crippen LogP contribution in [-0.4, -0.2) is 36.8 Å². The van der Waals surface area contributed by atoms with Gasteiger partial charge in [-0.1, -0.05) is 11.6 Å². The summed E-state index contributed by atoms with van der Waals surface area (Å²) < 4.78 is 39.6. The number of sulfonamides is 1. The Morgan fingerprint density at radius 1 is 1.08 bits per heavy atom. The molecule has 0 fully saturated rings. The first-order valence-electron chi connectivity index (χ1n) is 11.4. The van der Waals surface area contributed by atoms with Crippen molar-refractivity contribution in [3.63, 3.8) is 0 Å². The molecule has 0 radical (unpaired) electrons. The average Bonchev–Trinajstić information content (AvgIpc) is 3.47. The molecule has 9 nitrogen and oxygen atoms in total. The van der Waals surface area contributed by atoms with Crippen molar-refractivity contribution in [2.24, 2.45) is 0 Å². The van der Waals surface area contributed by atoms with Crippen LogP contribution in [0, 0.1) is 6.92 Å². The highest BCUT2D eigenvalue weighted by Gasteiger charge is 2.28. The Kier molecular flexibility index (Phi) is 7.33. The third-order valence-electron chi connectivity index (χ3n) is 6.02. The van der Waals surface area contributed by atoms with Gasteiger partial charge in [-0.15, -0.1) is 0 Å². The zero-order valence-corrected chi connectivity index (χ0v) is 22.0. The number of hydrogen-bond acceptors (Lipinski definition) is 6. The van der Waals surface area contributed by atoms with Crippen LogP contribution in [0.25, 0.3) is 11.0 Å². The molecule has 1 amide bonds. The number of aromatic carboxylic acids is 1. The molecule has 4 aromatic rings. The monoisotopic (exact) mass is 544 g/mol. The van der Waals surface area contributed by atoms with Gasteiger partial charge in [-0.25, -0.2) is 13.2 Å². The molecule has 2 aromatic heterocycles. The van der Waals surface area contributed by atoms with E-state index in [2.05, 4.69) is 0 Å². The number of rotatable bonds is 9. The molecule has 1 N–H and O–H groups in total. The van der Waals surface area contributed by atoms with E-state index in [0.29, 0.717) is 33.0 Å². The van der Waals surface area contributed by atoms with E-state index in [-0.39, 0.29) is 41.8 Å². The lowest BCUT2D eigenvalue weighted by molar-refractivity contribution is -0.130. The average molecular weight is 545 g/mol. The fourth-order valence-electron chi connectivity index (χ4n) is 4.16. The number of nitrogens with zero attached hydrogens (tertiary/aromatic N) is 2. The van der Waals surface area contributed by atoms with Crippen molar-refractivity contribution in [1.29, 1.82) is 0 Å². The van der Waals surface area contributed by atoms with E-state index in [1.165, 1.54) is 40.6 Å². The number of hydrogen-bond donors (Lipinski definition) is 1. The van der Waals surface area contributed by atoms with Crippen molar-refractivity contribution in [3.8, 4) is 0 Å². The largest absolute Gasteiger partial charge is 0.475 e. The van der Waals surface area contributed by atoms with Gasteiger partial charge >= 0.3 is 5.97 Å². The number of fused-ring (bicyclic) bond motifs is 1. The molecule has 0 aliphatic rings. The highest BCUT2D eigenvalue weighted by atomic mass is 35.5. The minimum Gasteiger partial charge on any atom is -0.475 e. The lowest BCUT2D eigenvalue weighted by Gasteiger charge is -2.28. The van der Waals surface area contributed by atoms with E-state index in [0.717, 1.165) is 0 Å². The topological polar surface area (TPSA) is 121 Å². The van der Waals surface area contributed by atoms with Gasteiger partial charge in [0.2, 0.25) is 11.7 Å². The summed E-state index contributed by atoms with van der Waals surface area (Å²) in [4.78, 5) is 25.4. The van der Waals surface area contributed by atoms with Crippen LogP contribution >= 0.6 is 11.6 Å². The number of furan rings is 2. The Hall–Kier alpha value is -3.76. The second kappa shape index (κ2) is 10.3. The molecule has 37 heavy (non-hydrogen) atoms. The summed E-state index contributed by atoms with van der Waals surface area (Å²) in [7, 11) is -4.09. The maximum atomic E-state index is 13.8. The van der Waals surface area contributed by atoms with Crippen LogP contribution in [-0.2, 0) is 27.9 Å². The summed E-state index contributed by atoms with van der Waals surface area (Å²) >= 11 is 6.26. The molecule has 0 unspecified atom stereocenters. The van der Waals surface area contributed by atoms with Gasteiger partial charge < -0.3 is 18.8 Å². The van der Waals surface area contributed by atoms with E-state index in [1.807, 2.05) is 0 Å². The Morgan fingerprint density at radius 2 is 1.84 bits per heavy atom. The molecule has 2 aromatic carbocycles. The molecule has 0 saturated carbocycles. The van der Waals surface area contributed by atoms with Crippen LogP contribution in [0.2, 0.25) is 5.02 Å². The predicted octanol–water partition coefficient (Wildman–Crippen LogP) is 5.45. The first-order chi connectivity index (χ1) is 17.5. The van der Waals surface area contributed by atoms with E-state index < -0.39 is 16.0 Å². The number of halogens is 1. The van der Waals surface area contributed by atoms with Crippen LogP contribution < -0.4 is 4.31 Å². The fourth-order valence-corrected chi connectivity index (χ4v) is 5.89. The molecule has 0 saturated heterocycles. The van der Waals surface area contributed by atoms with Gasteiger partial charge in [0.25, 0.3) is 10.0 Å². The van der Waals surface area contributed by atoms with Gasteiger partial charge in [-0.05, 0) is 67.9 Å². The minimum atomic E-state index is -4.09. The molecule has 2 heterocycles. The highest BCUT2D eigenvalue weighted by Crippen LogP contribution is 2.33. The number of anilines is 1. The van der Waals surface area contributed by atoms with Gasteiger partial charge in [0.15, 0.2) is 0 Å². The maximum Gasteiger partial charge on any atom is 0.372 e. The fraction of sp³-hybridized carbons (Fsp3) is 0.231. The smallest absolute Gasteiger partial charge is 0.372 e. The van der Waals surface area contributed by atoms with Crippen molar-refractivity contribution in [2.45, 2.75) is 38.8 Å². The number of carbonyl (C=O) groups excluding carboxylic acids is 1. The summed E-state index contributed by atoms with van der Waals surface area (Å²) in [6, 6.07) is 12.5. The zero-order valence-electron chi connectivity index (χ0n) is 20.4. The molecule has 0 atom stereocenters. The molecule has 0 spiro atoms. The molecule has 0 aliphatic carbocycles. The van der Waals surface area contributed by atoms with Crippen molar-refractivity contribution in [2.75, 3.05) is 10.8 Å².